The Morgan fingerprint density at radius 2 is 2.00 bits per heavy atom. The summed E-state index contributed by atoms with van der Waals surface area (Å²) in [6, 6.07) is 3.07. The van der Waals surface area contributed by atoms with Crippen molar-refractivity contribution in [3.63, 3.8) is 0 Å². The Morgan fingerprint density at radius 1 is 1.25 bits per heavy atom. The van der Waals surface area contributed by atoms with Crippen molar-refractivity contribution in [1.82, 2.24) is 10.6 Å². The number of aryl methyl sites for hydroxylation is 1. The molecule has 0 amide bonds. The topological polar surface area (TPSA) is 37.2 Å². The van der Waals surface area contributed by atoms with Crippen LogP contribution in [0.3, 0.4) is 0 Å². The monoisotopic (exact) mass is 224 g/mol. The Bertz CT molecular complexity index is 294. The van der Waals surface area contributed by atoms with Crippen LogP contribution in [0.2, 0.25) is 0 Å². The van der Waals surface area contributed by atoms with Gasteiger partial charge in [-0.3, -0.25) is 0 Å². The molecule has 1 aromatic heterocycles. The van der Waals surface area contributed by atoms with Gasteiger partial charge in [-0.1, -0.05) is 20.8 Å². The third-order valence-corrected chi connectivity index (χ3v) is 2.63. The maximum absolute atomic E-state index is 5.39. The molecule has 1 aromatic rings. The Morgan fingerprint density at radius 3 is 2.62 bits per heavy atom. The maximum Gasteiger partial charge on any atom is 0.107 e. The van der Waals surface area contributed by atoms with E-state index in [1.807, 2.05) is 0 Å². The van der Waals surface area contributed by atoms with E-state index in [2.05, 4.69) is 44.4 Å². The molecule has 0 saturated carbocycles. The fraction of sp³-hybridized carbons (Fsp3) is 0.692. The molecule has 0 aliphatic rings. The minimum absolute atomic E-state index is 0.474. The van der Waals surface area contributed by atoms with E-state index in [4.69, 9.17) is 4.42 Å². The first-order chi connectivity index (χ1) is 7.63. The van der Waals surface area contributed by atoms with E-state index >= 15 is 0 Å². The Hall–Kier alpha value is -0.800. The van der Waals surface area contributed by atoms with Gasteiger partial charge < -0.3 is 15.1 Å². The summed E-state index contributed by atoms with van der Waals surface area (Å²) in [4.78, 5) is 0. The second-order valence-corrected chi connectivity index (χ2v) is 4.57. The fourth-order valence-electron chi connectivity index (χ4n) is 1.60. The van der Waals surface area contributed by atoms with Crippen molar-refractivity contribution in [2.24, 2.45) is 0 Å². The van der Waals surface area contributed by atoms with Crippen LogP contribution in [-0.4, -0.2) is 18.6 Å². The first-order valence-corrected chi connectivity index (χ1v) is 6.15. The molecule has 0 aliphatic carbocycles. The second-order valence-electron chi connectivity index (χ2n) is 4.57. The van der Waals surface area contributed by atoms with Crippen molar-refractivity contribution in [2.75, 3.05) is 6.54 Å². The zero-order valence-electron chi connectivity index (χ0n) is 10.8. The molecule has 0 fully saturated rings. The van der Waals surface area contributed by atoms with Crippen LogP contribution in [0.4, 0.5) is 0 Å². The Labute approximate surface area is 98.6 Å². The van der Waals surface area contributed by atoms with Crippen molar-refractivity contribution in [3.8, 4) is 0 Å². The van der Waals surface area contributed by atoms with Crippen LogP contribution in [0.1, 0.15) is 39.0 Å². The van der Waals surface area contributed by atoms with Crippen LogP contribution >= 0.6 is 0 Å². The Kier molecular flexibility index (Phi) is 5.56. The van der Waals surface area contributed by atoms with Gasteiger partial charge in [-0.25, -0.2) is 0 Å². The summed E-state index contributed by atoms with van der Waals surface area (Å²) in [6.07, 6.45) is 2.73. The smallest absolute Gasteiger partial charge is 0.107 e. The van der Waals surface area contributed by atoms with Gasteiger partial charge in [0.2, 0.25) is 0 Å². The molecule has 1 heterocycles. The first-order valence-electron chi connectivity index (χ1n) is 6.15. The summed E-state index contributed by atoms with van der Waals surface area (Å²) >= 11 is 0. The lowest BCUT2D eigenvalue weighted by Gasteiger charge is -2.16. The van der Waals surface area contributed by atoms with E-state index in [1.54, 1.807) is 6.26 Å². The van der Waals surface area contributed by atoms with Crippen molar-refractivity contribution in [2.45, 2.75) is 52.7 Å². The van der Waals surface area contributed by atoms with Gasteiger partial charge in [0.1, 0.15) is 5.76 Å². The lowest BCUT2D eigenvalue weighted by molar-refractivity contribution is 0.466. The van der Waals surface area contributed by atoms with Gasteiger partial charge in [-0.15, -0.1) is 0 Å². The minimum Gasteiger partial charge on any atom is -0.469 e. The summed E-state index contributed by atoms with van der Waals surface area (Å²) < 4.78 is 5.39. The summed E-state index contributed by atoms with van der Waals surface area (Å²) in [5, 5.41) is 6.91. The number of rotatable bonds is 7. The molecule has 0 aliphatic heterocycles. The summed E-state index contributed by atoms with van der Waals surface area (Å²) in [7, 11) is 0. The highest BCUT2D eigenvalue weighted by atomic mass is 16.3. The molecule has 0 radical (unpaired) electrons. The molecule has 1 unspecified atom stereocenters. The molecule has 1 atom stereocenters. The molecule has 0 bridgehead atoms. The van der Waals surface area contributed by atoms with Gasteiger partial charge in [0, 0.05) is 37.2 Å². The van der Waals surface area contributed by atoms with Crippen LogP contribution in [0.25, 0.3) is 0 Å². The third-order valence-electron chi connectivity index (χ3n) is 2.63. The van der Waals surface area contributed by atoms with Gasteiger partial charge in [0.25, 0.3) is 0 Å². The SMILES string of the molecule is CCc1occc1CNC(C)CNC(C)C. The van der Waals surface area contributed by atoms with Gasteiger partial charge >= 0.3 is 0 Å². The normalized spacial score (nSPS) is 13.3. The summed E-state index contributed by atoms with van der Waals surface area (Å²) in [5.41, 5.74) is 1.28. The third kappa shape index (κ3) is 4.37. The van der Waals surface area contributed by atoms with Crippen molar-refractivity contribution >= 4 is 0 Å². The van der Waals surface area contributed by atoms with Crippen molar-refractivity contribution in [3.05, 3.63) is 23.7 Å². The molecular formula is C13H24N2O. The number of hydrogen-bond donors (Lipinski definition) is 2. The first kappa shape index (κ1) is 13.3. The van der Waals surface area contributed by atoms with Gasteiger partial charge in [0.15, 0.2) is 0 Å². The lowest BCUT2D eigenvalue weighted by atomic mass is 10.2. The zero-order valence-corrected chi connectivity index (χ0v) is 10.8. The van der Waals surface area contributed by atoms with Crippen LogP contribution in [-0.2, 0) is 13.0 Å². The molecule has 3 heteroatoms. The highest BCUT2D eigenvalue weighted by molar-refractivity contribution is 5.16. The highest BCUT2D eigenvalue weighted by Gasteiger charge is 2.06. The van der Waals surface area contributed by atoms with E-state index in [0.29, 0.717) is 12.1 Å². The summed E-state index contributed by atoms with van der Waals surface area (Å²) in [6.45, 7) is 10.5. The second kappa shape index (κ2) is 6.71. The van der Waals surface area contributed by atoms with Crippen molar-refractivity contribution < 1.29 is 4.42 Å². The van der Waals surface area contributed by atoms with E-state index in [1.165, 1.54) is 5.56 Å². The quantitative estimate of drug-likeness (QED) is 0.746. The highest BCUT2D eigenvalue weighted by Crippen LogP contribution is 2.10. The predicted molar refractivity (Wildman–Crippen MR) is 67.5 cm³/mol. The molecule has 1 rings (SSSR count). The Balaban J connectivity index is 2.28. The molecule has 0 saturated heterocycles. The molecular weight excluding hydrogens is 200 g/mol. The average molecular weight is 224 g/mol. The summed E-state index contributed by atoms with van der Waals surface area (Å²) in [5.74, 6) is 1.09. The maximum atomic E-state index is 5.39. The number of hydrogen-bond acceptors (Lipinski definition) is 3. The van der Waals surface area contributed by atoms with Crippen LogP contribution < -0.4 is 10.6 Å². The number of furan rings is 1. The van der Waals surface area contributed by atoms with E-state index in [-0.39, 0.29) is 0 Å². The molecule has 92 valence electrons. The fourth-order valence-corrected chi connectivity index (χ4v) is 1.60. The molecule has 0 spiro atoms. The minimum atomic E-state index is 0.474. The van der Waals surface area contributed by atoms with Crippen molar-refractivity contribution in [1.29, 1.82) is 0 Å². The van der Waals surface area contributed by atoms with Gasteiger partial charge in [0.05, 0.1) is 6.26 Å². The molecule has 2 N–H and O–H groups in total. The van der Waals surface area contributed by atoms with E-state index < -0.39 is 0 Å². The van der Waals surface area contributed by atoms with Gasteiger partial charge in [-0.05, 0) is 13.0 Å². The van der Waals surface area contributed by atoms with E-state index in [0.717, 1.165) is 25.3 Å². The van der Waals surface area contributed by atoms with Crippen LogP contribution in [0, 0.1) is 0 Å². The standard InChI is InChI=1S/C13H24N2O/c1-5-13-12(6-7-16-13)9-15-11(4)8-14-10(2)3/h6-7,10-11,14-15H,5,8-9H2,1-4H3. The lowest BCUT2D eigenvalue weighted by Crippen LogP contribution is -2.38. The zero-order chi connectivity index (χ0) is 12.0. The predicted octanol–water partition coefficient (Wildman–Crippen LogP) is 2.32. The largest absolute Gasteiger partial charge is 0.469 e. The van der Waals surface area contributed by atoms with Crippen LogP contribution in [0.15, 0.2) is 16.7 Å². The van der Waals surface area contributed by atoms with Gasteiger partial charge in [-0.2, -0.15) is 0 Å². The molecule has 16 heavy (non-hydrogen) atoms. The van der Waals surface area contributed by atoms with E-state index in [9.17, 15) is 0 Å². The average Bonchev–Trinajstić information content (AvgIpc) is 2.70. The molecule has 3 nitrogen and oxygen atoms in total. The van der Waals surface area contributed by atoms with Crippen LogP contribution in [0.5, 0.6) is 0 Å². The number of nitrogens with one attached hydrogen (secondary N) is 2. The molecule has 0 aromatic carbocycles.